The summed E-state index contributed by atoms with van der Waals surface area (Å²) in [5, 5.41) is 10.3. The third-order valence-electron chi connectivity index (χ3n) is 1.72. The number of non-ortho nitro benzene ring substituents is 1. The quantitative estimate of drug-likeness (QED) is 0.352. The summed E-state index contributed by atoms with van der Waals surface area (Å²) < 4.78 is 0. The van der Waals surface area contributed by atoms with Crippen molar-refractivity contribution in [1.29, 1.82) is 0 Å². The largest absolute Gasteiger partial charge is 0.402 e. The number of allylic oxidation sites excluding steroid dienone is 2. The second-order valence-corrected chi connectivity index (χ2v) is 3.06. The average Bonchev–Trinajstić information content (AvgIpc) is 2.17. The zero-order valence-corrected chi connectivity index (χ0v) is 8.14. The van der Waals surface area contributed by atoms with Crippen LogP contribution in [0.5, 0.6) is 0 Å². The summed E-state index contributed by atoms with van der Waals surface area (Å²) in [5.41, 5.74) is 6.08. The minimum Gasteiger partial charge on any atom is -0.402 e. The fraction of sp³-hybridized carbons (Fsp3) is 0.100. The number of nitro groups is 1. The van der Waals surface area contributed by atoms with Gasteiger partial charge >= 0.3 is 0 Å². The number of benzene rings is 1. The lowest BCUT2D eigenvalue weighted by atomic mass is 10.1. The molecule has 78 valence electrons. The van der Waals surface area contributed by atoms with Gasteiger partial charge in [-0.1, -0.05) is 0 Å². The summed E-state index contributed by atoms with van der Waals surface area (Å²) in [7, 11) is 0. The predicted molar refractivity (Wildman–Crippen MR) is 55.4 cm³/mol. The van der Waals surface area contributed by atoms with Crippen molar-refractivity contribution < 1.29 is 9.72 Å². The maximum absolute atomic E-state index is 11.4. The van der Waals surface area contributed by atoms with Crippen LogP contribution in [0.25, 0.3) is 0 Å². The lowest BCUT2D eigenvalue weighted by molar-refractivity contribution is -0.384. The van der Waals surface area contributed by atoms with Gasteiger partial charge in [0.25, 0.3) is 5.69 Å². The first kappa shape index (κ1) is 10.9. The number of carbonyl (C=O) groups is 1. The summed E-state index contributed by atoms with van der Waals surface area (Å²) >= 11 is 0. The summed E-state index contributed by atoms with van der Waals surface area (Å²) in [6.45, 7) is 1.60. The molecule has 15 heavy (non-hydrogen) atoms. The molecule has 1 aromatic carbocycles. The number of carbonyl (C=O) groups excluding carboxylic acids is 1. The monoisotopic (exact) mass is 206 g/mol. The summed E-state index contributed by atoms with van der Waals surface area (Å²) in [6.07, 6.45) is 1.28. The van der Waals surface area contributed by atoms with Gasteiger partial charge in [-0.25, -0.2) is 0 Å². The molecular weight excluding hydrogens is 196 g/mol. The first-order valence-corrected chi connectivity index (χ1v) is 4.23. The number of ketones is 1. The van der Waals surface area contributed by atoms with Gasteiger partial charge in [0.1, 0.15) is 0 Å². The fourth-order valence-electron chi connectivity index (χ4n) is 1.04. The van der Waals surface area contributed by atoms with E-state index in [9.17, 15) is 14.9 Å². The van der Waals surface area contributed by atoms with Gasteiger partial charge in [0.05, 0.1) is 4.92 Å². The molecule has 5 heteroatoms. The third-order valence-corrected chi connectivity index (χ3v) is 1.72. The van der Waals surface area contributed by atoms with Crippen LogP contribution in [-0.2, 0) is 0 Å². The van der Waals surface area contributed by atoms with Crippen molar-refractivity contribution in [3.63, 3.8) is 0 Å². The van der Waals surface area contributed by atoms with Gasteiger partial charge in [-0.2, -0.15) is 0 Å². The van der Waals surface area contributed by atoms with Crippen LogP contribution >= 0.6 is 0 Å². The molecule has 0 aliphatic heterocycles. The van der Waals surface area contributed by atoms with Gasteiger partial charge in [-0.3, -0.25) is 14.9 Å². The van der Waals surface area contributed by atoms with Crippen LogP contribution in [0.1, 0.15) is 17.3 Å². The minimum absolute atomic E-state index is 0.0417. The van der Waals surface area contributed by atoms with Crippen LogP contribution in [0.3, 0.4) is 0 Å². The Morgan fingerprint density at radius 3 is 2.33 bits per heavy atom. The molecule has 0 unspecified atom stereocenters. The Balaban J connectivity index is 2.94. The Hall–Kier alpha value is -2.17. The van der Waals surface area contributed by atoms with E-state index in [1.165, 1.54) is 30.3 Å². The molecule has 0 atom stereocenters. The van der Waals surface area contributed by atoms with Gasteiger partial charge in [-0.15, -0.1) is 0 Å². The fourth-order valence-corrected chi connectivity index (χ4v) is 1.04. The van der Waals surface area contributed by atoms with Crippen molar-refractivity contribution in [3.8, 4) is 0 Å². The molecule has 0 heterocycles. The molecule has 1 aromatic rings. The topological polar surface area (TPSA) is 86.2 Å². The lowest BCUT2D eigenvalue weighted by Crippen LogP contribution is -2.00. The highest BCUT2D eigenvalue weighted by molar-refractivity contribution is 6.04. The molecule has 0 radical (unpaired) electrons. The van der Waals surface area contributed by atoms with Crippen molar-refractivity contribution in [2.75, 3.05) is 0 Å². The molecule has 0 aliphatic carbocycles. The molecule has 0 saturated heterocycles. The number of rotatable bonds is 3. The highest BCUT2D eigenvalue weighted by Gasteiger charge is 2.07. The molecule has 2 N–H and O–H groups in total. The van der Waals surface area contributed by atoms with Crippen molar-refractivity contribution in [3.05, 3.63) is 51.7 Å². The molecule has 0 amide bonds. The SMILES string of the molecule is C/C(N)=C\C(=O)c1ccc([N+](=O)[O-])cc1. The number of nitrogens with two attached hydrogens (primary N) is 1. The number of nitrogens with zero attached hydrogens (tertiary/aromatic N) is 1. The van der Waals surface area contributed by atoms with Gasteiger partial charge in [0.15, 0.2) is 5.78 Å². The van der Waals surface area contributed by atoms with Gasteiger partial charge < -0.3 is 5.73 Å². The van der Waals surface area contributed by atoms with E-state index in [0.717, 1.165) is 0 Å². The Morgan fingerprint density at radius 1 is 1.40 bits per heavy atom. The molecule has 1 rings (SSSR count). The zero-order chi connectivity index (χ0) is 11.4. The Kier molecular flexibility index (Phi) is 3.17. The predicted octanol–water partition coefficient (Wildman–Crippen LogP) is 1.64. The van der Waals surface area contributed by atoms with E-state index in [4.69, 9.17) is 5.73 Å². The molecule has 0 bridgehead atoms. The Labute approximate surface area is 86.4 Å². The first-order valence-electron chi connectivity index (χ1n) is 4.23. The number of nitro benzene ring substituents is 1. The van der Waals surface area contributed by atoms with Gasteiger partial charge in [0.2, 0.25) is 0 Å². The van der Waals surface area contributed by atoms with Crippen molar-refractivity contribution in [1.82, 2.24) is 0 Å². The maximum atomic E-state index is 11.4. The van der Waals surface area contributed by atoms with E-state index < -0.39 is 4.92 Å². The van der Waals surface area contributed by atoms with E-state index in [2.05, 4.69) is 0 Å². The second kappa shape index (κ2) is 4.36. The number of hydrogen-bond acceptors (Lipinski definition) is 4. The zero-order valence-electron chi connectivity index (χ0n) is 8.14. The average molecular weight is 206 g/mol. The molecule has 0 aliphatic rings. The van der Waals surface area contributed by atoms with Gasteiger partial charge in [-0.05, 0) is 19.1 Å². The van der Waals surface area contributed by atoms with E-state index in [-0.39, 0.29) is 11.5 Å². The molecule has 0 aromatic heterocycles. The van der Waals surface area contributed by atoms with Crippen LogP contribution in [0, 0.1) is 10.1 Å². The molecule has 5 nitrogen and oxygen atoms in total. The molecule has 0 saturated carbocycles. The molecular formula is C10H10N2O3. The van der Waals surface area contributed by atoms with Crippen LogP contribution < -0.4 is 5.73 Å². The smallest absolute Gasteiger partial charge is 0.269 e. The van der Waals surface area contributed by atoms with Crippen LogP contribution in [0.4, 0.5) is 5.69 Å². The third kappa shape index (κ3) is 2.91. The van der Waals surface area contributed by atoms with E-state index in [1.807, 2.05) is 0 Å². The number of hydrogen-bond donors (Lipinski definition) is 1. The van der Waals surface area contributed by atoms with E-state index in [0.29, 0.717) is 11.3 Å². The Morgan fingerprint density at radius 2 is 1.93 bits per heavy atom. The maximum Gasteiger partial charge on any atom is 0.269 e. The minimum atomic E-state index is -0.516. The van der Waals surface area contributed by atoms with Crippen molar-refractivity contribution >= 4 is 11.5 Å². The lowest BCUT2D eigenvalue weighted by Gasteiger charge is -1.96. The molecule has 0 fully saturated rings. The highest BCUT2D eigenvalue weighted by atomic mass is 16.6. The van der Waals surface area contributed by atoms with Gasteiger partial charge in [0, 0.05) is 29.5 Å². The highest BCUT2D eigenvalue weighted by Crippen LogP contribution is 2.12. The van der Waals surface area contributed by atoms with Crippen LogP contribution in [0.15, 0.2) is 36.0 Å². The molecule has 0 spiro atoms. The first-order chi connectivity index (χ1) is 7.00. The summed E-state index contributed by atoms with van der Waals surface area (Å²) in [4.78, 5) is 21.2. The Bertz CT molecular complexity index is 417. The normalized spacial score (nSPS) is 11.1. The van der Waals surface area contributed by atoms with Crippen molar-refractivity contribution in [2.24, 2.45) is 5.73 Å². The van der Waals surface area contributed by atoms with E-state index in [1.54, 1.807) is 6.92 Å². The van der Waals surface area contributed by atoms with Crippen LogP contribution in [0.2, 0.25) is 0 Å². The summed E-state index contributed by atoms with van der Waals surface area (Å²) in [6, 6.07) is 5.37. The van der Waals surface area contributed by atoms with E-state index >= 15 is 0 Å². The second-order valence-electron chi connectivity index (χ2n) is 3.06. The standard InChI is InChI=1S/C10H10N2O3/c1-7(11)6-10(13)8-2-4-9(5-3-8)12(14)15/h2-6H,11H2,1H3/b7-6+. The van der Waals surface area contributed by atoms with Crippen molar-refractivity contribution in [2.45, 2.75) is 6.92 Å². The van der Waals surface area contributed by atoms with Crippen LogP contribution in [-0.4, -0.2) is 10.7 Å². The summed E-state index contributed by atoms with van der Waals surface area (Å²) in [5.74, 6) is -0.259.